The lowest BCUT2D eigenvalue weighted by molar-refractivity contribution is 0.104. The molecule has 1 saturated heterocycles. The van der Waals surface area contributed by atoms with E-state index in [0.717, 1.165) is 37.9 Å². The van der Waals surface area contributed by atoms with Crippen LogP contribution in [0.5, 0.6) is 0 Å². The first-order valence-corrected chi connectivity index (χ1v) is 8.53. The first kappa shape index (κ1) is 15.9. The molecule has 2 aromatic carbocycles. The second-order valence-corrected chi connectivity index (χ2v) is 6.35. The molecular weight excluding hydrogens is 284 g/mol. The summed E-state index contributed by atoms with van der Waals surface area (Å²) in [6.45, 7) is 3.85. The minimum absolute atomic E-state index is 0.727. The van der Waals surface area contributed by atoms with Crippen LogP contribution in [-0.2, 0) is 11.3 Å². The minimum atomic E-state index is 0.727. The standard InChI is InChI=1S/C20H26N2O/c21-19-6-8-20(9-7-19)22-13-10-17(11-14-22)12-15-23-16-18-4-2-1-3-5-18/h1-9,17H,10-16,21H2. The fourth-order valence-electron chi connectivity index (χ4n) is 3.18. The topological polar surface area (TPSA) is 38.5 Å². The lowest BCUT2D eigenvalue weighted by Crippen LogP contribution is -2.33. The van der Waals surface area contributed by atoms with Gasteiger partial charge in [-0.3, -0.25) is 0 Å². The Morgan fingerprint density at radius 1 is 0.957 bits per heavy atom. The number of rotatable bonds is 6. The Morgan fingerprint density at radius 3 is 2.35 bits per heavy atom. The molecule has 1 fully saturated rings. The van der Waals surface area contributed by atoms with Gasteiger partial charge < -0.3 is 15.4 Å². The zero-order valence-corrected chi connectivity index (χ0v) is 13.7. The maximum absolute atomic E-state index is 5.82. The maximum Gasteiger partial charge on any atom is 0.0716 e. The number of benzene rings is 2. The largest absolute Gasteiger partial charge is 0.399 e. The average molecular weight is 310 g/mol. The number of nitrogens with two attached hydrogens (primary N) is 1. The summed E-state index contributed by atoms with van der Waals surface area (Å²) in [5.74, 6) is 0.788. The average Bonchev–Trinajstić information content (AvgIpc) is 2.61. The van der Waals surface area contributed by atoms with Gasteiger partial charge in [-0.1, -0.05) is 30.3 Å². The van der Waals surface area contributed by atoms with Gasteiger partial charge in [-0.05, 0) is 55.0 Å². The van der Waals surface area contributed by atoms with E-state index < -0.39 is 0 Å². The summed E-state index contributed by atoms with van der Waals surface area (Å²) in [6, 6.07) is 18.6. The van der Waals surface area contributed by atoms with Gasteiger partial charge >= 0.3 is 0 Å². The molecule has 1 heterocycles. The molecule has 1 aliphatic heterocycles. The van der Waals surface area contributed by atoms with E-state index >= 15 is 0 Å². The molecule has 122 valence electrons. The van der Waals surface area contributed by atoms with Crippen LogP contribution in [0.3, 0.4) is 0 Å². The highest BCUT2D eigenvalue weighted by Crippen LogP contribution is 2.25. The third-order valence-electron chi connectivity index (χ3n) is 4.65. The van der Waals surface area contributed by atoms with Gasteiger partial charge in [0.1, 0.15) is 0 Å². The lowest BCUT2D eigenvalue weighted by Gasteiger charge is -2.33. The monoisotopic (exact) mass is 310 g/mol. The molecule has 0 amide bonds. The van der Waals surface area contributed by atoms with Crippen LogP contribution in [0.25, 0.3) is 0 Å². The van der Waals surface area contributed by atoms with E-state index in [9.17, 15) is 0 Å². The van der Waals surface area contributed by atoms with Crippen LogP contribution < -0.4 is 10.6 Å². The van der Waals surface area contributed by atoms with Crippen molar-refractivity contribution in [3.8, 4) is 0 Å². The Balaban J connectivity index is 1.35. The van der Waals surface area contributed by atoms with Gasteiger partial charge in [-0.25, -0.2) is 0 Å². The summed E-state index contributed by atoms with van der Waals surface area (Å²) < 4.78 is 5.82. The highest BCUT2D eigenvalue weighted by molar-refractivity contribution is 5.53. The van der Waals surface area contributed by atoms with Crippen LogP contribution in [0.15, 0.2) is 54.6 Å². The summed E-state index contributed by atoms with van der Waals surface area (Å²) >= 11 is 0. The Bertz CT molecular complexity index is 574. The lowest BCUT2D eigenvalue weighted by atomic mass is 9.93. The molecular formula is C20H26N2O. The molecule has 1 aliphatic rings. The van der Waals surface area contributed by atoms with E-state index in [-0.39, 0.29) is 0 Å². The molecule has 3 heteroatoms. The van der Waals surface area contributed by atoms with Gasteiger partial charge in [-0.2, -0.15) is 0 Å². The molecule has 2 aromatic rings. The van der Waals surface area contributed by atoms with Gasteiger partial charge in [0.05, 0.1) is 6.61 Å². The first-order chi connectivity index (χ1) is 11.3. The Labute approximate surface area is 139 Å². The predicted octanol–water partition coefficient (Wildman–Crippen LogP) is 4.09. The van der Waals surface area contributed by atoms with Crippen LogP contribution >= 0.6 is 0 Å². The smallest absolute Gasteiger partial charge is 0.0716 e. The van der Waals surface area contributed by atoms with E-state index in [1.54, 1.807) is 0 Å². The van der Waals surface area contributed by atoms with Crippen molar-refractivity contribution in [2.75, 3.05) is 30.3 Å². The van der Waals surface area contributed by atoms with Crippen molar-refractivity contribution < 1.29 is 4.74 Å². The maximum atomic E-state index is 5.82. The quantitative estimate of drug-likeness (QED) is 0.645. The molecule has 3 rings (SSSR count). The van der Waals surface area contributed by atoms with Gasteiger partial charge in [0, 0.05) is 31.1 Å². The Morgan fingerprint density at radius 2 is 1.65 bits per heavy atom. The van der Waals surface area contributed by atoms with Crippen LogP contribution in [0, 0.1) is 5.92 Å². The Kier molecular flexibility index (Phi) is 5.54. The molecule has 23 heavy (non-hydrogen) atoms. The molecule has 0 aromatic heterocycles. The molecule has 0 unspecified atom stereocenters. The van der Waals surface area contributed by atoms with Gasteiger partial charge in [-0.15, -0.1) is 0 Å². The number of hydrogen-bond acceptors (Lipinski definition) is 3. The van der Waals surface area contributed by atoms with Crippen LogP contribution in [-0.4, -0.2) is 19.7 Å². The minimum Gasteiger partial charge on any atom is -0.399 e. The third-order valence-corrected chi connectivity index (χ3v) is 4.65. The number of hydrogen-bond donors (Lipinski definition) is 1. The molecule has 3 nitrogen and oxygen atoms in total. The molecule has 0 atom stereocenters. The number of nitrogens with zero attached hydrogens (tertiary/aromatic N) is 1. The van der Waals surface area contributed by atoms with Crippen molar-refractivity contribution in [2.24, 2.45) is 5.92 Å². The fraction of sp³-hybridized carbons (Fsp3) is 0.400. The first-order valence-electron chi connectivity index (χ1n) is 8.53. The van der Waals surface area contributed by atoms with E-state index in [1.807, 2.05) is 18.2 Å². The third kappa shape index (κ3) is 4.73. The summed E-state index contributed by atoms with van der Waals surface area (Å²) in [5.41, 5.74) is 9.13. The van der Waals surface area contributed by atoms with E-state index in [1.165, 1.54) is 30.5 Å². The molecule has 0 saturated carbocycles. The Hall–Kier alpha value is -2.00. The van der Waals surface area contributed by atoms with Crippen LogP contribution in [0.1, 0.15) is 24.8 Å². The highest BCUT2D eigenvalue weighted by atomic mass is 16.5. The zero-order valence-electron chi connectivity index (χ0n) is 13.7. The second kappa shape index (κ2) is 8.02. The van der Waals surface area contributed by atoms with Crippen molar-refractivity contribution in [3.63, 3.8) is 0 Å². The van der Waals surface area contributed by atoms with E-state index in [0.29, 0.717) is 0 Å². The van der Waals surface area contributed by atoms with Crippen molar-refractivity contribution in [3.05, 3.63) is 60.2 Å². The molecule has 2 N–H and O–H groups in total. The van der Waals surface area contributed by atoms with Crippen LogP contribution in [0.2, 0.25) is 0 Å². The molecule has 0 spiro atoms. The number of piperidine rings is 1. The number of ether oxygens (including phenoxy) is 1. The van der Waals surface area contributed by atoms with Crippen molar-refractivity contribution in [2.45, 2.75) is 25.9 Å². The normalized spacial score (nSPS) is 15.7. The van der Waals surface area contributed by atoms with Gasteiger partial charge in [0.2, 0.25) is 0 Å². The number of anilines is 2. The molecule has 0 aliphatic carbocycles. The van der Waals surface area contributed by atoms with Crippen molar-refractivity contribution in [1.29, 1.82) is 0 Å². The highest BCUT2D eigenvalue weighted by Gasteiger charge is 2.19. The van der Waals surface area contributed by atoms with E-state index in [2.05, 4.69) is 41.3 Å². The predicted molar refractivity (Wildman–Crippen MR) is 96.5 cm³/mol. The summed E-state index contributed by atoms with van der Waals surface area (Å²) in [7, 11) is 0. The summed E-state index contributed by atoms with van der Waals surface area (Å²) in [5, 5.41) is 0. The van der Waals surface area contributed by atoms with Crippen LogP contribution in [0.4, 0.5) is 11.4 Å². The van der Waals surface area contributed by atoms with E-state index in [4.69, 9.17) is 10.5 Å². The summed E-state index contributed by atoms with van der Waals surface area (Å²) in [4.78, 5) is 2.46. The second-order valence-electron chi connectivity index (χ2n) is 6.35. The molecule has 0 bridgehead atoms. The molecule has 0 radical (unpaired) electrons. The SMILES string of the molecule is Nc1ccc(N2CCC(CCOCc3ccccc3)CC2)cc1. The summed E-state index contributed by atoms with van der Waals surface area (Å²) in [6.07, 6.45) is 3.67. The van der Waals surface area contributed by atoms with Gasteiger partial charge in [0.15, 0.2) is 0 Å². The van der Waals surface area contributed by atoms with Crippen molar-refractivity contribution >= 4 is 11.4 Å². The van der Waals surface area contributed by atoms with Gasteiger partial charge in [0.25, 0.3) is 0 Å². The zero-order chi connectivity index (χ0) is 15.9. The number of nitrogen functional groups attached to an aromatic ring is 1. The van der Waals surface area contributed by atoms with Crippen molar-refractivity contribution in [1.82, 2.24) is 0 Å². The fourth-order valence-corrected chi connectivity index (χ4v) is 3.18.